The molecule has 1 aliphatic carbocycles. The van der Waals surface area contributed by atoms with Gasteiger partial charge in [-0.2, -0.15) is 0 Å². The molecule has 0 saturated carbocycles. The van der Waals surface area contributed by atoms with E-state index < -0.39 is 0 Å². The zero-order valence-electron chi connectivity index (χ0n) is 37.3. The fourth-order valence-corrected chi connectivity index (χ4v) is 11.2. The third-order valence-corrected chi connectivity index (χ3v) is 14.3. The van der Waals surface area contributed by atoms with Gasteiger partial charge in [0, 0.05) is 44.0 Å². The average Bonchev–Trinajstić information content (AvgIpc) is 3.93. The lowest BCUT2D eigenvalue weighted by molar-refractivity contribution is 1.00. The van der Waals surface area contributed by atoms with E-state index in [4.69, 9.17) is 4.98 Å². The molecule has 14 rings (SSSR count). The Morgan fingerprint density at radius 2 is 0.809 bits per heavy atom. The Kier molecular flexibility index (Phi) is 8.72. The summed E-state index contributed by atoms with van der Waals surface area (Å²) in [7, 11) is 0. The normalized spacial score (nSPS) is 12.5. The van der Waals surface area contributed by atoms with Crippen molar-refractivity contribution in [2.45, 2.75) is 12.8 Å². The van der Waals surface area contributed by atoms with E-state index in [9.17, 15) is 0 Å². The van der Waals surface area contributed by atoms with Crippen LogP contribution in [0.5, 0.6) is 0 Å². The van der Waals surface area contributed by atoms with Crippen LogP contribution in [0, 0.1) is 0 Å². The molecule has 0 bridgehead atoms. The minimum Gasteiger partial charge on any atom is -0.309 e. The van der Waals surface area contributed by atoms with E-state index in [-0.39, 0.29) is 0 Å². The van der Waals surface area contributed by atoms with Crippen LogP contribution >= 0.6 is 0 Å². The zero-order valence-corrected chi connectivity index (χ0v) is 37.3. The van der Waals surface area contributed by atoms with E-state index in [2.05, 4.69) is 246 Å². The fourth-order valence-electron chi connectivity index (χ4n) is 11.2. The first-order valence-corrected chi connectivity index (χ1v) is 23.7. The van der Waals surface area contributed by atoms with Crippen LogP contribution in [0.1, 0.15) is 17.5 Å². The lowest BCUT2D eigenvalue weighted by Crippen LogP contribution is -1.99. The number of pyridine rings is 1. The number of aryl methyl sites for hydroxylation is 1. The van der Waals surface area contributed by atoms with Crippen molar-refractivity contribution in [3.05, 3.63) is 242 Å². The van der Waals surface area contributed by atoms with Crippen LogP contribution in [-0.4, -0.2) is 14.1 Å². The lowest BCUT2D eigenvalue weighted by Gasteiger charge is -2.19. The average molecular weight is 866 g/mol. The molecule has 10 aromatic carbocycles. The van der Waals surface area contributed by atoms with E-state index in [0.717, 1.165) is 52.2 Å². The number of rotatable bonds is 6. The number of hydrogen-bond acceptors (Lipinski definition) is 1. The van der Waals surface area contributed by atoms with Crippen molar-refractivity contribution in [1.82, 2.24) is 14.1 Å². The molecule has 13 aromatic rings. The van der Waals surface area contributed by atoms with Crippen molar-refractivity contribution in [3.8, 4) is 56.1 Å². The molecule has 3 heteroatoms. The van der Waals surface area contributed by atoms with Gasteiger partial charge in [0.2, 0.25) is 0 Å². The molecule has 3 nitrogen and oxygen atoms in total. The number of allylic oxidation sites excluding steroid dienone is 1. The minimum atomic E-state index is 0.954. The number of para-hydroxylation sites is 2. The largest absolute Gasteiger partial charge is 0.309 e. The molecule has 318 valence electrons. The maximum Gasteiger partial charge on any atom is 0.0715 e. The van der Waals surface area contributed by atoms with Gasteiger partial charge in [-0.3, -0.25) is 0 Å². The maximum absolute atomic E-state index is 5.17. The van der Waals surface area contributed by atoms with E-state index in [1.165, 1.54) is 93.1 Å². The van der Waals surface area contributed by atoms with Gasteiger partial charge in [-0.25, -0.2) is 4.98 Å². The Hall–Kier alpha value is -8.79. The second-order valence-corrected chi connectivity index (χ2v) is 18.2. The standard InChI is InChI=1S/C65H43N3/c1-3-16-42(17-4-1)60-37-47(38-61(66-60)43-18-5-2-6-19-43)44-20-15-21-48(36-44)67-62-28-13-11-26-55(62)57-33-30-45(39-64(57)67)46-31-34-58-56-27-12-14-29-63(56)68(65(58)40-46)49-32-35-54-52-24-8-7-22-50(52)51-23-9-10-25-53(51)59(54)41-49/h1-7,9-23,25-41H,8,24H2. The Morgan fingerprint density at radius 3 is 1.44 bits per heavy atom. The molecule has 3 aromatic heterocycles. The third-order valence-electron chi connectivity index (χ3n) is 14.3. The first-order valence-electron chi connectivity index (χ1n) is 23.7. The summed E-state index contributed by atoms with van der Waals surface area (Å²) in [5, 5.41) is 10.3. The summed E-state index contributed by atoms with van der Waals surface area (Å²) in [5.41, 5.74) is 18.6. The van der Waals surface area contributed by atoms with Crippen molar-refractivity contribution in [2.75, 3.05) is 0 Å². The number of benzene rings is 10. The molecule has 0 N–H and O–H groups in total. The van der Waals surface area contributed by atoms with Crippen LogP contribution in [0.4, 0.5) is 0 Å². The topological polar surface area (TPSA) is 22.8 Å². The van der Waals surface area contributed by atoms with E-state index in [0.29, 0.717) is 0 Å². The highest BCUT2D eigenvalue weighted by Gasteiger charge is 2.20. The van der Waals surface area contributed by atoms with E-state index in [1.807, 2.05) is 0 Å². The second-order valence-electron chi connectivity index (χ2n) is 18.2. The highest BCUT2D eigenvalue weighted by atomic mass is 15.0. The quantitative estimate of drug-likeness (QED) is 0.153. The van der Waals surface area contributed by atoms with Crippen molar-refractivity contribution >= 4 is 71.2 Å². The van der Waals surface area contributed by atoms with Gasteiger partial charge < -0.3 is 9.13 Å². The Labute approximate surface area is 394 Å². The van der Waals surface area contributed by atoms with Crippen LogP contribution < -0.4 is 0 Å². The van der Waals surface area contributed by atoms with Gasteiger partial charge >= 0.3 is 0 Å². The summed E-state index contributed by atoms with van der Waals surface area (Å²) < 4.78 is 4.92. The van der Waals surface area contributed by atoms with Gasteiger partial charge in [0.15, 0.2) is 0 Å². The summed E-state index contributed by atoms with van der Waals surface area (Å²) in [5.74, 6) is 0. The number of nitrogens with zero attached hydrogens (tertiary/aromatic N) is 3. The molecule has 68 heavy (non-hydrogen) atoms. The van der Waals surface area contributed by atoms with Gasteiger partial charge in [0.1, 0.15) is 0 Å². The summed E-state index contributed by atoms with van der Waals surface area (Å²) in [6.45, 7) is 0. The molecule has 0 atom stereocenters. The third kappa shape index (κ3) is 6.10. The van der Waals surface area contributed by atoms with Crippen LogP contribution in [0.25, 0.3) is 127 Å². The van der Waals surface area contributed by atoms with Crippen LogP contribution in [0.3, 0.4) is 0 Å². The highest BCUT2D eigenvalue weighted by Crippen LogP contribution is 2.42. The van der Waals surface area contributed by atoms with Crippen molar-refractivity contribution in [1.29, 1.82) is 0 Å². The summed E-state index contributed by atoms with van der Waals surface area (Å²) in [6.07, 6.45) is 6.80. The van der Waals surface area contributed by atoms with Gasteiger partial charge in [0.05, 0.1) is 33.5 Å². The Morgan fingerprint density at radius 1 is 0.309 bits per heavy atom. The molecule has 0 amide bonds. The summed E-state index contributed by atoms with van der Waals surface area (Å²) in [4.78, 5) is 5.17. The first-order chi connectivity index (χ1) is 33.7. The molecule has 0 spiro atoms. The molecular weight excluding hydrogens is 823 g/mol. The van der Waals surface area contributed by atoms with Gasteiger partial charge in [-0.1, -0.05) is 176 Å². The van der Waals surface area contributed by atoms with E-state index in [1.54, 1.807) is 0 Å². The molecule has 0 unspecified atom stereocenters. The van der Waals surface area contributed by atoms with E-state index >= 15 is 0 Å². The lowest BCUT2D eigenvalue weighted by atomic mass is 9.86. The number of fused-ring (bicyclic) bond motifs is 12. The zero-order chi connectivity index (χ0) is 44.7. The predicted octanol–water partition coefficient (Wildman–Crippen LogP) is 17.2. The SMILES string of the molecule is C1=Cc2c(c3ccc(-n4c5ccccc5c5ccc(-c6ccc7c8ccccc8n(-c8cccc(-c9cc(-c%10ccccc%10)nc(-c%10ccccc%10)c9)c8)c7c6)cc54)cc3c3ccccc23)CC1. The van der Waals surface area contributed by atoms with Crippen molar-refractivity contribution in [3.63, 3.8) is 0 Å². The molecule has 0 fully saturated rings. The van der Waals surface area contributed by atoms with Crippen LogP contribution in [-0.2, 0) is 6.42 Å². The van der Waals surface area contributed by atoms with Gasteiger partial charge in [0.25, 0.3) is 0 Å². The van der Waals surface area contributed by atoms with Crippen LogP contribution in [0.15, 0.2) is 231 Å². The first kappa shape index (κ1) is 38.5. The number of aromatic nitrogens is 3. The fraction of sp³-hybridized carbons (Fsp3) is 0.0308. The van der Waals surface area contributed by atoms with Gasteiger partial charge in [-0.05, 0) is 128 Å². The maximum atomic E-state index is 5.17. The molecule has 0 saturated heterocycles. The monoisotopic (exact) mass is 865 g/mol. The van der Waals surface area contributed by atoms with Crippen molar-refractivity contribution in [2.24, 2.45) is 0 Å². The summed E-state index contributed by atoms with van der Waals surface area (Å²) in [6, 6.07) is 82.2. The Bertz CT molecular complexity index is 4130. The van der Waals surface area contributed by atoms with Gasteiger partial charge in [-0.15, -0.1) is 0 Å². The highest BCUT2D eigenvalue weighted by molar-refractivity contribution is 6.15. The minimum absolute atomic E-state index is 0.954. The molecule has 1 aliphatic rings. The van der Waals surface area contributed by atoms with Crippen molar-refractivity contribution < 1.29 is 0 Å². The predicted molar refractivity (Wildman–Crippen MR) is 287 cm³/mol. The smallest absolute Gasteiger partial charge is 0.0715 e. The summed E-state index contributed by atoms with van der Waals surface area (Å²) >= 11 is 0. The Balaban J connectivity index is 0.932. The second kappa shape index (κ2) is 15.4. The number of hydrogen-bond donors (Lipinski definition) is 0. The molecule has 3 heterocycles. The molecule has 0 aliphatic heterocycles. The van der Waals surface area contributed by atoms with Crippen LogP contribution in [0.2, 0.25) is 0 Å². The molecule has 0 radical (unpaired) electrons. The molecular formula is C65H43N3.